The molecule has 43 heavy (non-hydrogen) atoms. The van der Waals surface area contributed by atoms with Crippen molar-refractivity contribution in [3.05, 3.63) is 70.6 Å². The zero-order valence-electron chi connectivity index (χ0n) is 24.7. The number of aliphatic hydroxyl groups excluding tert-OH is 1. The molecule has 232 valence electrons. The summed E-state index contributed by atoms with van der Waals surface area (Å²) >= 11 is 0. The molecule has 0 unspecified atom stereocenters. The van der Waals surface area contributed by atoms with E-state index in [0.717, 1.165) is 12.1 Å². The number of para-hydroxylation sites is 1. The summed E-state index contributed by atoms with van der Waals surface area (Å²) in [5.41, 5.74) is 1.38. The van der Waals surface area contributed by atoms with Crippen molar-refractivity contribution in [3.63, 3.8) is 0 Å². The Morgan fingerprint density at radius 2 is 1.88 bits per heavy atom. The predicted octanol–water partition coefficient (Wildman–Crippen LogP) is 5.31. The number of benzene rings is 2. The molecule has 0 saturated heterocycles. The Morgan fingerprint density at radius 1 is 1.19 bits per heavy atom. The molecule has 3 amide bonds. The number of alkyl halides is 3. The van der Waals surface area contributed by atoms with Crippen LogP contribution in [0.5, 0.6) is 5.75 Å². The van der Waals surface area contributed by atoms with Crippen LogP contribution in [-0.2, 0) is 12.7 Å². The highest BCUT2D eigenvalue weighted by molar-refractivity contribution is 6.04. The summed E-state index contributed by atoms with van der Waals surface area (Å²) in [6.07, 6.45) is -4.90. The minimum absolute atomic E-state index is 0.177. The number of urea groups is 1. The van der Waals surface area contributed by atoms with Gasteiger partial charge in [0.2, 0.25) is 0 Å². The number of rotatable bonds is 8. The lowest BCUT2D eigenvalue weighted by Crippen LogP contribution is -2.49. The summed E-state index contributed by atoms with van der Waals surface area (Å²) in [5.74, 6) is 0.0391. The third kappa shape index (κ3) is 7.46. The van der Waals surface area contributed by atoms with Gasteiger partial charge in [0.05, 0.1) is 29.5 Å². The van der Waals surface area contributed by atoms with Gasteiger partial charge in [-0.3, -0.25) is 9.69 Å². The molecule has 4 rings (SSSR count). The van der Waals surface area contributed by atoms with Gasteiger partial charge in [-0.15, -0.1) is 0 Å². The summed E-state index contributed by atoms with van der Waals surface area (Å²) in [6.45, 7) is 7.79. The number of halogens is 3. The highest BCUT2D eigenvalue weighted by Crippen LogP contribution is 2.35. The molecular weight excluding hydrogens is 567 g/mol. The number of nitrogens with zero attached hydrogens (tertiary/aromatic N) is 3. The monoisotopic (exact) mass is 603 g/mol. The van der Waals surface area contributed by atoms with Crippen molar-refractivity contribution >= 4 is 23.3 Å². The largest absolute Gasteiger partial charge is 0.486 e. The Labute approximate surface area is 247 Å². The normalized spacial score (nSPS) is 18.0. The standard InChI is InChI=1S/C30H36F3N5O5/c1-17-13-38(18(2)16-39)28(40)23-7-6-8-24(34-29(41)35-26-19(3)36-43-20(26)4)27(23)42-25(17)15-37(5)14-21-9-11-22(12-10-21)30(31,32)33/h6-12,17-18,25,39H,13-16H2,1-5H3,(H2,34,35,41)/t17-,18-,25+/m1/s1. The molecule has 0 saturated carbocycles. The van der Waals surface area contributed by atoms with Crippen LogP contribution >= 0.6 is 0 Å². The Hall–Kier alpha value is -4.10. The van der Waals surface area contributed by atoms with Gasteiger partial charge in [0, 0.05) is 25.6 Å². The number of aromatic nitrogens is 1. The van der Waals surface area contributed by atoms with Crippen molar-refractivity contribution in [2.75, 3.05) is 37.4 Å². The van der Waals surface area contributed by atoms with Crippen LogP contribution in [0.4, 0.5) is 29.3 Å². The molecule has 1 aliphatic heterocycles. The third-order valence-electron chi connectivity index (χ3n) is 7.44. The van der Waals surface area contributed by atoms with Gasteiger partial charge in [0.15, 0.2) is 11.5 Å². The Bertz CT molecular complexity index is 1420. The Balaban J connectivity index is 1.61. The average Bonchev–Trinajstić information content (AvgIpc) is 3.26. The average molecular weight is 604 g/mol. The van der Waals surface area contributed by atoms with E-state index in [9.17, 15) is 27.9 Å². The van der Waals surface area contributed by atoms with Gasteiger partial charge in [-0.1, -0.05) is 30.3 Å². The van der Waals surface area contributed by atoms with E-state index in [1.165, 1.54) is 12.1 Å². The van der Waals surface area contributed by atoms with E-state index in [4.69, 9.17) is 9.26 Å². The van der Waals surface area contributed by atoms with Gasteiger partial charge in [-0.25, -0.2) is 4.79 Å². The maximum atomic E-state index is 13.7. The number of carbonyl (C=O) groups excluding carboxylic acids is 2. The number of hydrogen-bond acceptors (Lipinski definition) is 7. The van der Waals surface area contributed by atoms with Gasteiger partial charge in [-0.2, -0.15) is 13.2 Å². The van der Waals surface area contributed by atoms with E-state index in [0.29, 0.717) is 42.3 Å². The van der Waals surface area contributed by atoms with Crippen LogP contribution in [0.15, 0.2) is 47.0 Å². The molecule has 2 aromatic carbocycles. The molecule has 0 radical (unpaired) electrons. The summed E-state index contributed by atoms with van der Waals surface area (Å²) in [4.78, 5) is 30.2. The van der Waals surface area contributed by atoms with Crippen LogP contribution in [0, 0.1) is 19.8 Å². The van der Waals surface area contributed by atoms with E-state index in [1.807, 2.05) is 18.9 Å². The fourth-order valence-electron chi connectivity index (χ4n) is 4.97. The van der Waals surface area contributed by atoms with Crippen molar-refractivity contribution in [1.82, 2.24) is 15.0 Å². The molecule has 10 nitrogen and oxygen atoms in total. The summed E-state index contributed by atoms with van der Waals surface area (Å²) in [7, 11) is 1.83. The third-order valence-corrected chi connectivity index (χ3v) is 7.44. The maximum absolute atomic E-state index is 13.7. The molecule has 2 heterocycles. The summed E-state index contributed by atoms with van der Waals surface area (Å²) in [6, 6.07) is 8.78. The second-order valence-electron chi connectivity index (χ2n) is 11.0. The Morgan fingerprint density at radius 3 is 2.49 bits per heavy atom. The van der Waals surface area contributed by atoms with Crippen molar-refractivity contribution in [3.8, 4) is 5.75 Å². The first-order valence-electron chi connectivity index (χ1n) is 13.9. The molecule has 1 aromatic heterocycles. The maximum Gasteiger partial charge on any atom is 0.416 e. The smallest absolute Gasteiger partial charge is 0.416 e. The topological polar surface area (TPSA) is 120 Å². The zero-order valence-corrected chi connectivity index (χ0v) is 24.7. The van der Waals surface area contributed by atoms with E-state index in [-0.39, 0.29) is 35.4 Å². The van der Waals surface area contributed by atoms with Crippen LogP contribution < -0.4 is 15.4 Å². The number of anilines is 2. The number of carbonyl (C=O) groups is 2. The van der Waals surface area contributed by atoms with Gasteiger partial charge in [-0.05, 0) is 57.6 Å². The molecule has 13 heteroatoms. The first-order valence-corrected chi connectivity index (χ1v) is 13.9. The quantitative estimate of drug-likeness (QED) is 0.319. The SMILES string of the molecule is Cc1noc(C)c1NC(=O)Nc1cccc2c1O[C@@H](CN(C)Cc1ccc(C(F)(F)F)cc1)[C@H](C)CN([C@H](C)CO)C2=O. The van der Waals surface area contributed by atoms with E-state index in [1.54, 1.807) is 43.9 Å². The first-order chi connectivity index (χ1) is 20.3. The van der Waals surface area contributed by atoms with Crippen LogP contribution in [0.25, 0.3) is 0 Å². The van der Waals surface area contributed by atoms with Crippen LogP contribution in [0.3, 0.4) is 0 Å². The first kappa shape index (κ1) is 31.8. The molecular formula is C30H36F3N5O5. The zero-order chi connectivity index (χ0) is 31.5. The highest BCUT2D eigenvalue weighted by Gasteiger charge is 2.35. The van der Waals surface area contributed by atoms with E-state index < -0.39 is 29.9 Å². The minimum atomic E-state index is -4.41. The number of amides is 3. The second-order valence-corrected chi connectivity index (χ2v) is 11.0. The fourth-order valence-corrected chi connectivity index (χ4v) is 4.97. The summed E-state index contributed by atoms with van der Waals surface area (Å²) < 4.78 is 50.6. The van der Waals surface area contributed by atoms with Gasteiger partial charge < -0.3 is 29.9 Å². The fraction of sp³-hybridized carbons (Fsp3) is 0.433. The van der Waals surface area contributed by atoms with Crippen molar-refractivity contribution in [2.45, 2.75) is 52.6 Å². The molecule has 0 bridgehead atoms. The lowest BCUT2D eigenvalue weighted by molar-refractivity contribution is -0.137. The minimum Gasteiger partial charge on any atom is -0.486 e. The van der Waals surface area contributed by atoms with Crippen molar-refractivity contribution in [1.29, 1.82) is 0 Å². The lowest BCUT2D eigenvalue weighted by Gasteiger charge is -2.38. The number of likely N-dealkylation sites (N-methyl/N-ethyl adjacent to an activating group) is 1. The number of fused-ring (bicyclic) bond motifs is 1. The number of aliphatic hydroxyl groups is 1. The molecule has 0 spiro atoms. The molecule has 3 N–H and O–H groups in total. The number of hydrogen-bond donors (Lipinski definition) is 3. The Kier molecular flexibility index (Phi) is 9.65. The van der Waals surface area contributed by atoms with E-state index >= 15 is 0 Å². The lowest BCUT2D eigenvalue weighted by atomic mass is 9.98. The predicted molar refractivity (Wildman–Crippen MR) is 154 cm³/mol. The molecule has 3 atom stereocenters. The van der Waals surface area contributed by atoms with Crippen molar-refractivity contribution < 1.29 is 37.1 Å². The van der Waals surface area contributed by atoms with Crippen LogP contribution in [0.2, 0.25) is 0 Å². The van der Waals surface area contributed by atoms with Crippen LogP contribution in [0.1, 0.15) is 46.8 Å². The highest BCUT2D eigenvalue weighted by atomic mass is 19.4. The number of aryl methyl sites for hydroxylation is 2. The molecule has 1 aliphatic rings. The van der Waals surface area contributed by atoms with Crippen molar-refractivity contribution in [2.24, 2.45) is 5.92 Å². The van der Waals surface area contributed by atoms with Gasteiger partial charge >= 0.3 is 12.2 Å². The molecule has 0 fully saturated rings. The van der Waals surface area contributed by atoms with Gasteiger partial charge in [0.1, 0.15) is 17.5 Å². The van der Waals surface area contributed by atoms with Crippen LogP contribution in [-0.4, -0.2) is 70.9 Å². The van der Waals surface area contributed by atoms with Gasteiger partial charge in [0.25, 0.3) is 5.91 Å². The number of nitrogens with one attached hydrogen (secondary N) is 2. The number of ether oxygens (including phenoxy) is 1. The molecule has 0 aliphatic carbocycles. The molecule has 3 aromatic rings. The second kappa shape index (κ2) is 13.0. The van der Waals surface area contributed by atoms with E-state index in [2.05, 4.69) is 15.8 Å². The summed E-state index contributed by atoms with van der Waals surface area (Å²) in [5, 5.41) is 19.2.